The van der Waals surface area contributed by atoms with Crippen molar-refractivity contribution >= 4 is 28.4 Å². The standard InChI is InChI=1S/C29H26F2N6O4/c1-3-39-19-13-22(30)21(23(31)14-19)16-37-24-8-6-5-7-20(24)27(36-37)29-33-15-25(41-17-26(38)40-4-2)28(35-29)34-18-9-11-32-12-10-18/h5-15H,3-4,16-17H2,1-2H3,(H,32,33,34,35). The summed E-state index contributed by atoms with van der Waals surface area (Å²) in [5, 5.41) is 8.47. The van der Waals surface area contributed by atoms with Crippen molar-refractivity contribution < 1.29 is 27.8 Å². The van der Waals surface area contributed by atoms with Crippen LogP contribution >= 0.6 is 0 Å². The van der Waals surface area contributed by atoms with Gasteiger partial charge in [-0.15, -0.1) is 0 Å². The number of pyridine rings is 1. The topological polar surface area (TPSA) is 113 Å². The molecule has 0 spiro atoms. The third-order valence-corrected chi connectivity index (χ3v) is 5.95. The smallest absolute Gasteiger partial charge is 0.344 e. The molecule has 0 amide bonds. The fourth-order valence-electron chi connectivity index (χ4n) is 4.14. The second-order valence-corrected chi connectivity index (χ2v) is 8.68. The highest BCUT2D eigenvalue weighted by Crippen LogP contribution is 2.32. The molecule has 0 aliphatic heterocycles. The van der Waals surface area contributed by atoms with Crippen molar-refractivity contribution in [2.24, 2.45) is 0 Å². The summed E-state index contributed by atoms with van der Waals surface area (Å²) in [6.07, 6.45) is 4.64. The number of nitrogens with zero attached hydrogens (tertiary/aromatic N) is 5. The third kappa shape index (κ3) is 6.21. The van der Waals surface area contributed by atoms with Gasteiger partial charge in [-0.3, -0.25) is 9.67 Å². The molecule has 5 rings (SSSR count). The third-order valence-electron chi connectivity index (χ3n) is 5.95. The van der Waals surface area contributed by atoms with E-state index in [-0.39, 0.29) is 55.1 Å². The van der Waals surface area contributed by atoms with Crippen LogP contribution in [0.3, 0.4) is 0 Å². The van der Waals surface area contributed by atoms with Gasteiger partial charge in [-0.05, 0) is 32.0 Å². The lowest BCUT2D eigenvalue weighted by Crippen LogP contribution is -2.15. The number of carbonyl (C=O) groups excluding carboxylic acids is 1. The van der Waals surface area contributed by atoms with E-state index in [1.807, 2.05) is 12.1 Å². The minimum absolute atomic E-state index is 0.116. The Morgan fingerprint density at radius 2 is 1.76 bits per heavy atom. The van der Waals surface area contributed by atoms with Gasteiger partial charge in [0.25, 0.3) is 0 Å². The Morgan fingerprint density at radius 3 is 2.49 bits per heavy atom. The predicted molar refractivity (Wildman–Crippen MR) is 147 cm³/mol. The zero-order valence-electron chi connectivity index (χ0n) is 22.3. The quantitative estimate of drug-likeness (QED) is 0.215. The first-order valence-corrected chi connectivity index (χ1v) is 12.9. The monoisotopic (exact) mass is 560 g/mol. The van der Waals surface area contributed by atoms with Gasteiger partial charge >= 0.3 is 5.97 Å². The molecule has 1 N–H and O–H groups in total. The van der Waals surface area contributed by atoms with Gasteiger partial charge < -0.3 is 19.5 Å². The van der Waals surface area contributed by atoms with E-state index in [2.05, 4.69) is 25.4 Å². The van der Waals surface area contributed by atoms with Gasteiger partial charge in [-0.25, -0.2) is 23.5 Å². The van der Waals surface area contributed by atoms with Gasteiger partial charge in [0, 0.05) is 41.2 Å². The Morgan fingerprint density at radius 1 is 1.00 bits per heavy atom. The Balaban J connectivity index is 1.53. The van der Waals surface area contributed by atoms with Crippen molar-refractivity contribution in [3.8, 4) is 23.0 Å². The molecule has 12 heteroatoms. The highest BCUT2D eigenvalue weighted by Gasteiger charge is 2.20. The molecule has 10 nitrogen and oxygen atoms in total. The Kier molecular flexibility index (Phi) is 8.28. The molecule has 5 aromatic rings. The van der Waals surface area contributed by atoms with Crippen LogP contribution in [0.2, 0.25) is 0 Å². The fourth-order valence-corrected chi connectivity index (χ4v) is 4.14. The van der Waals surface area contributed by atoms with Crippen LogP contribution in [0.5, 0.6) is 11.5 Å². The number of ether oxygens (including phenoxy) is 3. The lowest BCUT2D eigenvalue weighted by atomic mass is 10.1. The van der Waals surface area contributed by atoms with Crippen LogP contribution in [-0.4, -0.2) is 50.5 Å². The summed E-state index contributed by atoms with van der Waals surface area (Å²) < 4.78 is 47.1. The van der Waals surface area contributed by atoms with Crippen molar-refractivity contribution in [1.29, 1.82) is 0 Å². The zero-order valence-corrected chi connectivity index (χ0v) is 22.3. The highest BCUT2D eigenvalue weighted by molar-refractivity contribution is 5.92. The second kappa shape index (κ2) is 12.4. The molecule has 2 aromatic carbocycles. The number of esters is 1. The summed E-state index contributed by atoms with van der Waals surface area (Å²) in [7, 11) is 0. The van der Waals surface area contributed by atoms with Crippen molar-refractivity contribution in [2.45, 2.75) is 20.4 Å². The number of para-hydroxylation sites is 1. The van der Waals surface area contributed by atoms with E-state index in [0.717, 1.165) is 12.1 Å². The van der Waals surface area contributed by atoms with Crippen LogP contribution in [-0.2, 0) is 16.1 Å². The largest absolute Gasteiger partial charge is 0.494 e. The zero-order chi connectivity index (χ0) is 28.8. The van der Waals surface area contributed by atoms with E-state index in [9.17, 15) is 13.6 Å². The lowest BCUT2D eigenvalue weighted by molar-refractivity contribution is -0.145. The minimum Gasteiger partial charge on any atom is -0.494 e. The van der Waals surface area contributed by atoms with E-state index < -0.39 is 17.6 Å². The summed E-state index contributed by atoms with van der Waals surface area (Å²) in [6.45, 7) is 3.44. The molecule has 0 unspecified atom stereocenters. The molecule has 0 fully saturated rings. The minimum atomic E-state index is -0.738. The van der Waals surface area contributed by atoms with Crippen molar-refractivity contribution in [1.82, 2.24) is 24.7 Å². The number of hydrogen-bond acceptors (Lipinski definition) is 9. The Bertz CT molecular complexity index is 1660. The lowest BCUT2D eigenvalue weighted by Gasteiger charge is -2.12. The molecule has 0 aliphatic carbocycles. The van der Waals surface area contributed by atoms with E-state index in [1.165, 1.54) is 10.9 Å². The van der Waals surface area contributed by atoms with Crippen molar-refractivity contribution in [3.63, 3.8) is 0 Å². The summed E-state index contributed by atoms with van der Waals surface area (Å²) in [6, 6.07) is 13.0. The SMILES string of the molecule is CCOC(=O)COc1cnc(-c2nn(Cc3c(F)cc(OCC)cc3F)c3ccccc23)nc1Nc1ccncc1. The molecule has 3 aromatic heterocycles. The van der Waals surface area contributed by atoms with E-state index >= 15 is 0 Å². The summed E-state index contributed by atoms with van der Waals surface area (Å²) >= 11 is 0. The number of nitrogens with one attached hydrogen (secondary N) is 1. The molecule has 0 bridgehead atoms. The average Bonchev–Trinajstić information content (AvgIpc) is 3.33. The molecule has 0 aliphatic rings. The molecule has 0 saturated carbocycles. The van der Waals surface area contributed by atoms with Gasteiger partial charge in [0.1, 0.15) is 23.1 Å². The number of anilines is 2. The number of carbonyl (C=O) groups is 1. The van der Waals surface area contributed by atoms with Gasteiger partial charge in [0.15, 0.2) is 24.0 Å². The van der Waals surface area contributed by atoms with Crippen LogP contribution in [0.4, 0.5) is 20.3 Å². The molecule has 0 radical (unpaired) electrons. The second-order valence-electron chi connectivity index (χ2n) is 8.68. The van der Waals surface area contributed by atoms with Crippen LogP contribution in [0.15, 0.2) is 67.1 Å². The normalized spacial score (nSPS) is 10.9. The summed E-state index contributed by atoms with van der Waals surface area (Å²) in [4.78, 5) is 25.0. The molecule has 41 heavy (non-hydrogen) atoms. The molecule has 0 atom stereocenters. The number of hydrogen-bond donors (Lipinski definition) is 1. The number of fused-ring (bicyclic) bond motifs is 1. The van der Waals surface area contributed by atoms with Crippen LogP contribution in [0.1, 0.15) is 19.4 Å². The van der Waals surface area contributed by atoms with Crippen LogP contribution < -0.4 is 14.8 Å². The maximum Gasteiger partial charge on any atom is 0.344 e. The fraction of sp³-hybridized carbons (Fsp3) is 0.207. The summed E-state index contributed by atoms with van der Waals surface area (Å²) in [5.74, 6) is -1.19. The molecular weight excluding hydrogens is 534 g/mol. The van der Waals surface area contributed by atoms with Gasteiger partial charge in [-0.2, -0.15) is 5.10 Å². The number of halogens is 2. The van der Waals surface area contributed by atoms with E-state index in [4.69, 9.17) is 14.2 Å². The first kappa shape index (κ1) is 27.4. The maximum atomic E-state index is 14.9. The van der Waals surface area contributed by atoms with Crippen molar-refractivity contribution in [2.75, 3.05) is 25.1 Å². The van der Waals surface area contributed by atoms with Crippen LogP contribution in [0.25, 0.3) is 22.4 Å². The first-order chi connectivity index (χ1) is 20.0. The van der Waals surface area contributed by atoms with Gasteiger partial charge in [-0.1, -0.05) is 18.2 Å². The Hall–Kier alpha value is -5.13. The molecule has 210 valence electrons. The van der Waals surface area contributed by atoms with Crippen LogP contribution in [0, 0.1) is 11.6 Å². The maximum absolute atomic E-state index is 14.9. The summed E-state index contributed by atoms with van der Waals surface area (Å²) in [5.41, 5.74) is 1.53. The number of rotatable bonds is 11. The van der Waals surface area contributed by atoms with Crippen molar-refractivity contribution in [3.05, 3.63) is 84.3 Å². The van der Waals surface area contributed by atoms with E-state index in [1.54, 1.807) is 50.5 Å². The molecule has 3 heterocycles. The molecular formula is C29H26F2N6O4. The number of benzene rings is 2. The Labute approximate surface area is 233 Å². The average molecular weight is 561 g/mol. The highest BCUT2D eigenvalue weighted by atomic mass is 19.1. The first-order valence-electron chi connectivity index (χ1n) is 12.9. The molecule has 0 saturated heterocycles. The van der Waals surface area contributed by atoms with E-state index in [0.29, 0.717) is 22.3 Å². The van der Waals surface area contributed by atoms with Gasteiger partial charge in [0.05, 0.1) is 31.5 Å². The number of aromatic nitrogens is 5. The van der Waals surface area contributed by atoms with Gasteiger partial charge in [0.2, 0.25) is 0 Å². The predicted octanol–water partition coefficient (Wildman–Crippen LogP) is 5.30.